The minimum Gasteiger partial charge on any atom is -0.340 e. The SMILES string of the molecule is O=C(C1CC1c1cccnc1)N1CCCC(n2cccn2)C1. The van der Waals surface area contributed by atoms with E-state index in [-0.39, 0.29) is 5.92 Å². The summed E-state index contributed by atoms with van der Waals surface area (Å²) in [6.07, 6.45) is 10.6. The zero-order valence-electron chi connectivity index (χ0n) is 12.5. The molecule has 5 nitrogen and oxygen atoms in total. The Morgan fingerprint density at radius 2 is 2.23 bits per heavy atom. The molecule has 5 heteroatoms. The van der Waals surface area contributed by atoms with Crippen molar-refractivity contribution in [3.8, 4) is 0 Å². The van der Waals surface area contributed by atoms with Crippen molar-refractivity contribution in [3.63, 3.8) is 0 Å². The van der Waals surface area contributed by atoms with Crippen molar-refractivity contribution in [2.75, 3.05) is 13.1 Å². The van der Waals surface area contributed by atoms with E-state index < -0.39 is 0 Å². The van der Waals surface area contributed by atoms with E-state index in [1.807, 2.05) is 34.1 Å². The van der Waals surface area contributed by atoms with Gasteiger partial charge in [-0.05, 0) is 42.9 Å². The molecule has 22 heavy (non-hydrogen) atoms. The van der Waals surface area contributed by atoms with Gasteiger partial charge < -0.3 is 4.90 Å². The van der Waals surface area contributed by atoms with Crippen LogP contribution < -0.4 is 0 Å². The number of piperidine rings is 1. The number of hydrogen-bond donors (Lipinski definition) is 0. The quantitative estimate of drug-likeness (QED) is 0.873. The van der Waals surface area contributed by atoms with Crippen LogP contribution >= 0.6 is 0 Å². The number of rotatable bonds is 3. The maximum atomic E-state index is 12.7. The summed E-state index contributed by atoms with van der Waals surface area (Å²) < 4.78 is 1.99. The van der Waals surface area contributed by atoms with E-state index in [9.17, 15) is 4.79 Å². The molecule has 0 radical (unpaired) electrons. The number of likely N-dealkylation sites (tertiary alicyclic amines) is 1. The van der Waals surface area contributed by atoms with Gasteiger partial charge in [0.25, 0.3) is 0 Å². The van der Waals surface area contributed by atoms with E-state index in [4.69, 9.17) is 0 Å². The third-order valence-electron chi connectivity index (χ3n) is 4.83. The highest BCUT2D eigenvalue weighted by molar-refractivity contribution is 5.83. The van der Waals surface area contributed by atoms with E-state index >= 15 is 0 Å². The summed E-state index contributed by atoms with van der Waals surface area (Å²) in [6, 6.07) is 6.29. The molecule has 2 aliphatic rings. The number of carbonyl (C=O) groups excluding carboxylic acids is 1. The van der Waals surface area contributed by atoms with E-state index in [1.165, 1.54) is 5.56 Å². The number of aromatic nitrogens is 3. The van der Waals surface area contributed by atoms with Crippen molar-refractivity contribution < 1.29 is 4.79 Å². The van der Waals surface area contributed by atoms with Crippen molar-refractivity contribution in [1.29, 1.82) is 0 Å². The molecule has 3 atom stereocenters. The Bertz CT molecular complexity index is 640. The summed E-state index contributed by atoms with van der Waals surface area (Å²) in [5.74, 6) is 0.831. The van der Waals surface area contributed by atoms with Crippen LogP contribution in [0.15, 0.2) is 43.0 Å². The number of pyridine rings is 1. The second-order valence-corrected chi connectivity index (χ2v) is 6.30. The van der Waals surface area contributed by atoms with Crippen LogP contribution in [0.2, 0.25) is 0 Å². The van der Waals surface area contributed by atoms with Gasteiger partial charge in [0.1, 0.15) is 0 Å². The molecule has 1 saturated carbocycles. The third kappa shape index (κ3) is 2.51. The average Bonchev–Trinajstić information content (AvgIpc) is 3.19. The number of nitrogens with zero attached hydrogens (tertiary/aromatic N) is 4. The molecule has 0 aromatic carbocycles. The van der Waals surface area contributed by atoms with Gasteiger partial charge in [-0.3, -0.25) is 14.5 Å². The van der Waals surface area contributed by atoms with Crippen molar-refractivity contribution in [3.05, 3.63) is 48.5 Å². The highest BCUT2D eigenvalue weighted by Crippen LogP contribution is 2.48. The fourth-order valence-corrected chi connectivity index (χ4v) is 3.53. The second kappa shape index (κ2) is 5.55. The smallest absolute Gasteiger partial charge is 0.226 e. The van der Waals surface area contributed by atoms with Crippen LogP contribution in [0.1, 0.15) is 36.8 Å². The lowest BCUT2D eigenvalue weighted by molar-refractivity contribution is -0.134. The minimum absolute atomic E-state index is 0.153. The summed E-state index contributed by atoms with van der Waals surface area (Å²) in [5.41, 5.74) is 1.20. The third-order valence-corrected chi connectivity index (χ3v) is 4.83. The molecule has 4 rings (SSSR count). The van der Waals surface area contributed by atoms with Crippen LogP contribution in [0.25, 0.3) is 0 Å². The molecule has 1 amide bonds. The Morgan fingerprint density at radius 3 is 3.00 bits per heavy atom. The first-order valence-corrected chi connectivity index (χ1v) is 8.01. The normalized spacial score (nSPS) is 27.6. The van der Waals surface area contributed by atoms with Gasteiger partial charge in [0.2, 0.25) is 5.91 Å². The van der Waals surface area contributed by atoms with E-state index in [0.29, 0.717) is 17.9 Å². The lowest BCUT2D eigenvalue weighted by atomic mass is 10.0. The summed E-state index contributed by atoms with van der Waals surface area (Å²) in [7, 11) is 0. The Balaban J connectivity index is 1.41. The Kier molecular flexibility index (Phi) is 3.41. The maximum absolute atomic E-state index is 12.7. The molecule has 0 bridgehead atoms. The summed E-state index contributed by atoms with van der Waals surface area (Å²) >= 11 is 0. The molecule has 0 spiro atoms. The topological polar surface area (TPSA) is 51.0 Å². The molecule has 3 heterocycles. The van der Waals surface area contributed by atoms with Gasteiger partial charge in [-0.15, -0.1) is 0 Å². The first-order valence-electron chi connectivity index (χ1n) is 8.01. The van der Waals surface area contributed by atoms with Crippen molar-refractivity contribution in [2.24, 2.45) is 5.92 Å². The highest BCUT2D eigenvalue weighted by atomic mass is 16.2. The molecule has 2 fully saturated rings. The summed E-state index contributed by atoms with van der Waals surface area (Å²) in [4.78, 5) is 18.9. The summed E-state index contributed by atoms with van der Waals surface area (Å²) in [6.45, 7) is 1.67. The van der Waals surface area contributed by atoms with Crippen LogP contribution in [-0.2, 0) is 4.79 Å². The average molecular weight is 296 g/mol. The standard InChI is InChI=1S/C17H20N4O/c22-17(16-10-15(16)13-4-1-6-18-11-13)20-8-2-5-14(12-20)21-9-3-7-19-21/h1,3-4,6-7,9,11,14-16H,2,5,8,10,12H2. The van der Waals surface area contributed by atoms with E-state index in [0.717, 1.165) is 32.4 Å². The molecule has 1 aliphatic heterocycles. The Labute approximate surface area is 130 Å². The van der Waals surface area contributed by atoms with Gasteiger partial charge in [0, 0.05) is 43.8 Å². The predicted octanol–water partition coefficient (Wildman–Crippen LogP) is 2.25. The van der Waals surface area contributed by atoms with Crippen LogP contribution in [0.4, 0.5) is 0 Å². The van der Waals surface area contributed by atoms with Gasteiger partial charge in [-0.25, -0.2) is 0 Å². The maximum Gasteiger partial charge on any atom is 0.226 e. The van der Waals surface area contributed by atoms with Gasteiger partial charge in [0.15, 0.2) is 0 Å². The zero-order chi connectivity index (χ0) is 14.9. The second-order valence-electron chi connectivity index (χ2n) is 6.30. The molecule has 0 N–H and O–H groups in total. The minimum atomic E-state index is 0.153. The highest BCUT2D eigenvalue weighted by Gasteiger charge is 2.46. The van der Waals surface area contributed by atoms with Crippen LogP contribution in [0.5, 0.6) is 0 Å². The van der Waals surface area contributed by atoms with E-state index in [1.54, 1.807) is 12.4 Å². The molecule has 1 aliphatic carbocycles. The predicted molar refractivity (Wildman–Crippen MR) is 82.2 cm³/mol. The molecule has 114 valence electrons. The number of hydrogen-bond acceptors (Lipinski definition) is 3. The fourth-order valence-electron chi connectivity index (χ4n) is 3.53. The molecular formula is C17H20N4O. The number of carbonyl (C=O) groups is 1. The van der Waals surface area contributed by atoms with Crippen molar-refractivity contribution in [1.82, 2.24) is 19.7 Å². The molecule has 2 aromatic rings. The van der Waals surface area contributed by atoms with Crippen molar-refractivity contribution in [2.45, 2.75) is 31.2 Å². The molecular weight excluding hydrogens is 276 g/mol. The van der Waals surface area contributed by atoms with Crippen LogP contribution in [0, 0.1) is 5.92 Å². The largest absolute Gasteiger partial charge is 0.340 e. The van der Waals surface area contributed by atoms with Crippen LogP contribution in [-0.4, -0.2) is 38.7 Å². The van der Waals surface area contributed by atoms with Crippen LogP contribution in [0.3, 0.4) is 0 Å². The monoisotopic (exact) mass is 296 g/mol. The van der Waals surface area contributed by atoms with Gasteiger partial charge in [-0.1, -0.05) is 6.07 Å². The lowest BCUT2D eigenvalue weighted by Gasteiger charge is -2.33. The van der Waals surface area contributed by atoms with Crippen molar-refractivity contribution >= 4 is 5.91 Å². The first-order chi connectivity index (χ1) is 10.8. The fraction of sp³-hybridized carbons (Fsp3) is 0.471. The Hall–Kier alpha value is -2.17. The zero-order valence-corrected chi connectivity index (χ0v) is 12.5. The van der Waals surface area contributed by atoms with Gasteiger partial charge >= 0.3 is 0 Å². The Morgan fingerprint density at radius 1 is 1.27 bits per heavy atom. The van der Waals surface area contributed by atoms with Gasteiger partial charge in [0.05, 0.1) is 6.04 Å². The number of amides is 1. The van der Waals surface area contributed by atoms with Gasteiger partial charge in [-0.2, -0.15) is 5.10 Å². The first kappa shape index (κ1) is 13.5. The molecule has 2 aromatic heterocycles. The summed E-state index contributed by atoms with van der Waals surface area (Å²) in [5, 5.41) is 4.33. The molecule has 3 unspecified atom stereocenters. The molecule has 1 saturated heterocycles. The lowest BCUT2D eigenvalue weighted by Crippen LogP contribution is -2.41. The van der Waals surface area contributed by atoms with E-state index in [2.05, 4.69) is 16.1 Å².